The molecule has 3 aromatic rings. The molecule has 4 rings (SSSR count). The van der Waals surface area contributed by atoms with Gasteiger partial charge >= 0.3 is 0 Å². The molecule has 0 bridgehead atoms. The fourth-order valence-corrected chi connectivity index (χ4v) is 3.72. The predicted octanol–water partition coefficient (Wildman–Crippen LogP) is 3.57. The van der Waals surface area contributed by atoms with Gasteiger partial charge in [0.1, 0.15) is 24.2 Å². The van der Waals surface area contributed by atoms with Crippen LogP contribution in [0.3, 0.4) is 0 Å². The highest BCUT2D eigenvalue weighted by Gasteiger charge is 2.32. The Morgan fingerprint density at radius 2 is 2.23 bits per heavy atom. The van der Waals surface area contributed by atoms with Crippen molar-refractivity contribution in [2.24, 2.45) is 0 Å². The van der Waals surface area contributed by atoms with E-state index in [4.69, 9.17) is 14.2 Å². The zero-order valence-electron chi connectivity index (χ0n) is 16.6. The van der Waals surface area contributed by atoms with E-state index in [9.17, 15) is 9.18 Å². The molecule has 0 radical (unpaired) electrons. The highest BCUT2D eigenvalue weighted by atomic mass is 79.9. The van der Waals surface area contributed by atoms with Crippen LogP contribution in [0.5, 0.6) is 0 Å². The molecule has 2 aromatic heterocycles. The van der Waals surface area contributed by atoms with E-state index in [1.54, 1.807) is 35.3 Å². The number of rotatable bonds is 7. The molecule has 1 aliphatic rings. The second kappa shape index (κ2) is 8.50. The van der Waals surface area contributed by atoms with E-state index in [1.807, 2.05) is 13.8 Å². The van der Waals surface area contributed by atoms with Gasteiger partial charge in [0.25, 0.3) is 0 Å². The Morgan fingerprint density at radius 3 is 2.97 bits per heavy atom. The van der Waals surface area contributed by atoms with Gasteiger partial charge in [-0.15, -0.1) is 0 Å². The molecule has 9 heteroatoms. The topological polar surface area (TPSA) is 75.0 Å². The molecular weight excluding hydrogens is 457 g/mol. The molecule has 7 nitrogen and oxygen atoms in total. The maximum absolute atomic E-state index is 14.4. The quantitative estimate of drug-likeness (QED) is 0.484. The zero-order valence-corrected chi connectivity index (χ0v) is 18.2. The molecule has 0 aliphatic carbocycles. The van der Waals surface area contributed by atoms with Crippen LogP contribution in [0.15, 0.2) is 41.4 Å². The van der Waals surface area contributed by atoms with Crippen LogP contribution in [-0.4, -0.2) is 51.9 Å². The SMILES string of the molecule is CC1(C)OC[C@H](COCC(=O)c2ncc3cncn3c2Cc2ccc(Br)cc2F)O1. The Labute approximate surface area is 181 Å². The van der Waals surface area contributed by atoms with Crippen molar-refractivity contribution in [1.82, 2.24) is 14.4 Å². The second-order valence-corrected chi connectivity index (χ2v) is 8.46. The number of hydrogen-bond donors (Lipinski definition) is 0. The Kier molecular flexibility index (Phi) is 5.97. The number of ketones is 1. The van der Waals surface area contributed by atoms with Crippen LogP contribution in [0, 0.1) is 5.82 Å². The highest BCUT2D eigenvalue weighted by Crippen LogP contribution is 2.23. The fraction of sp³-hybridized carbons (Fsp3) is 0.381. The number of halogens is 2. The maximum atomic E-state index is 14.4. The summed E-state index contributed by atoms with van der Waals surface area (Å²) in [6.45, 7) is 4.14. The Balaban J connectivity index is 1.53. The van der Waals surface area contributed by atoms with Crippen molar-refractivity contribution in [3.8, 4) is 0 Å². The molecule has 1 saturated heterocycles. The number of nitrogens with zero attached hydrogens (tertiary/aromatic N) is 3. The van der Waals surface area contributed by atoms with Gasteiger partial charge in [-0.25, -0.2) is 14.4 Å². The average molecular weight is 478 g/mol. The van der Waals surface area contributed by atoms with E-state index < -0.39 is 5.79 Å². The summed E-state index contributed by atoms with van der Waals surface area (Å²) in [6.07, 6.45) is 4.76. The zero-order chi connectivity index (χ0) is 21.3. The van der Waals surface area contributed by atoms with Crippen LogP contribution in [0.4, 0.5) is 4.39 Å². The lowest BCUT2D eigenvalue weighted by Crippen LogP contribution is -2.25. The van der Waals surface area contributed by atoms with Crippen molar-refractivity contribution >= 4 is 27.2 Å². The average Bonchev–Trinajstić information content (AvgIpc) is 3.30. The molecule has 1 atom stereocenters. The third kappa shape index (κ3) is 4.59. The molecule has 0 unspecified atom stereocenters. The first kappa shape index (κ1) is 21.0. The number of carbonyl (C=O) groups is 1. The van der Waals surface area contributed by atoms with Gasteiger partial charge in [-0.2, -0.15) is 0 Å². The van der Waals surface area contributed by atoms with Gasteiger partial charge in [-0.3, -0.25) is 9.20 Å². The standard InChI is InChI=1S/C21H21BrFN3O4/c1-21(2)29-10-16(30-21)9-28-11-19(27)20-18(26-12-24-7-15(26)8-25-20)5-13-3-4-14(22)6-17(13)23/h3-4,6-8,12,16H,5,9-11H2,1-2H3/t16-/m0/s1. The van der Waals surface area contributed by atoms with Gasteiger partial charge in [0.15, 0.2) is 5.79 Å². The summed E-state index contributed by atoms with van der Waals surface area (Å²) < 4.78 is 33.6. The normalized spacial score (nSPS) is 18.2. The molecule has 1 aromatic carbocycles. The van der Waals surface area contributed by atoms with Crippen molar-refractivity contribution in [2.75, 3.05) is 19.8 Å². The summed E-state index contributed by atoms with van der Waals surface area (Å²) in [6, 6.07) is 4.83. The fourth-order valence-electron chi connectivity index (χ4n) is 3.39. The Morgan fingerprint density at radius 1 is 1.40 bits per heavy atom. The van der Waals surface area contributed by atoms with Crippen molar-refractivity contribution in [1.29, 1.82) is 0 Å². The first-order valence-electron chi connectivity index (χ1n) is 9.49. The number of carbonyl (C=O) groups excluding carboxylic acids is 1. The molecule has 0 spiro atoms. The molecule has 0 N–H and O–H groups in total. The minimum absolute atomic E-state index is 0.163. The lowest BCUT2D eigenvalue weighted by Gasteiger charge is -2.17. The van der Waals surface area contributed by atoms with E-state index in [0.29, 0.717) is 22.3 Å². The van der Waals surface area contributed by atoms with Gasteiger partial charge in [0, 0.05) is 10.9 Å². The van der Waals surface area contributed by atoms with E-state index in [2.05, 4.69) is 25.9 Å². The molecular formula is C21H21BrFN3O4. The van der Waals surface area contributed by atoms with Crippen LogP contribution >= 0.6 is 15.9 Å². The molecule has 1 aliphatic heterocycles. The third-order valence-electron chi connectivity index (χ3n) is 4.80. The molecule has 30 heavy (non-hydrogen) atoms. The summed E-state index contributed by atoms with van der Waals surface area (Å²) in [5.41, 5.74) is 1.96. The summed E-state index contributed by atoms with van der Waals surface area (Å²) >= 11 is 3.26. The summed E-state index contributed by atoms with van der Waals surface area (Å²) in [5.74, 6) is -1.30. The number of benzene rings is 1. The molecule has 3 heterocycles. The van der Waals surface area contributed by atoms with Gasteiger partial charge in [0.05, 0.1) is 43.1 Å². The second-order valence-electron chi connectivity index (χ2n) is 7.54. The van der Waals surface area contributed by atoms with Crippen molar-refractivity contribution in [2.45, 2.75) is 32.2 Å². The van der Waals surface area contributed by atoms with Gasteiger partial charge in [-0.1, -0.05) is 22.0 Å². The Bertz CT molecular complexity index is 1090. The summed E-state index contributed by atoms with van der Waals surface area (Å²) in [5, 5.41) is 0. The third-order valence-corrected chi connectivity index (χ3v) is 5.29. The summed E-state index contributed by atoms with van der Waals surface area (Å²) in [7, 11) is 0. The first-order valence-corrected chi connectivity index (χ1v) is 10.3. The molecule has 0 saturated carbocycles. The van der Waals surface area contributed by atoms with Crippen molar-refractivity contribution in [3.05, 3.63) is 64.2 Å². The number of fused-ring (bicyclic) bond motifs is 1. The predicted molar refractivity (Wildman–Crippen MR) is 110 cm³/mol. The van der Waals surface area contributed by atoms with E-state index >= 15 is 0 Å². The number of imidazole rings is 1. The monoisotopic (exact) mass is 477 g/mol. The number of hydrogen-bond acceptors (Lipinski definition) is 6. The highest BCUT2D eigenvalue weighted by molar-refractivity contribution is 9.10. The van der Waals surface area contributed by atoms with Crippen molar-refractivity contribution in [3.63, 3.8) is 0 Å². The number of ether oxygens (including phenoxy) is 3. The number of Topliss-reactive ketones (excluding diaryl/α,β-unsaturated/α-hetero) is 1. The maximum Gasteiger partial charge on any atom is 0.208 e. The van der Waals surface area contributed by atoms with E-state index in [1.165, 1.54) is 6.07 Å². The number of aromatic nitrogens is 3. The Hall–Kier alpha value is -2.20. The van der Waals surface area contributed by atoms with Crippen LogP contribution in [0.1, 0.15) is 35.6 Å². The molecule has 158 valence electrons. The lowest BCUT2D eigenvalue weighted by molar-refractivity contribution is -0.144. The van der Waals surface area contributed by atoms with E-state index in [0.717, 1.165) is 5.52 Å². The van der Waals surface area contributed by atoms with Crippen LogP contribution in [0.2, 0.25) is 0 Å². The smallest absolute Gasteiger partial charge is 0.208 e. The van der Waals surface area contributed by atoms with Gasteiger partial charge < -0.3 is 14.2 Å². The first-order chi connectivity index (χ1) is 14.3. The largest absolute Gasteiger partial charge is 0.370 e. The minimum atomic E-state index is -0.645. The van der Waals surface area contributed by atoms with Crippen molar-refractivity contribution < 1.29 is 23.4 Å². The van der Waals surface area contributed by atoms with Gasteiger partial charge in [0.2, 0.25) is 5.78 Å². The molecule has 1 fully saturated rings. The summed E-state index contributed by atoms with van der Waals surface area (Å²) in [4.78, 5) is 21.3. The van der Waals surface area contributed by atoms with Gasteiger partial charge in [-0.05, 0) is 31.5 Å². The van der Waals surface area contributed by atoms with E-state index in [-0.39, 0.29) is 43.0 Å². The van der Waals surface area contributed by atoms with Crippen LogP contribution < -0.4 is 0 Å². The van der Waals surface area contributed by atoms with Crippen LogP contribution in [-0.2, 0) is 20.6 Å². The molecule has 0 amide bonds. The minimum Gasteiger partial charge on any atom is -0.370 e. The van der Waals surface area contributed by atoms with Crippen LogP contribution in [0.25, 0.3) is 5.52 Å². The lowest BCUT2D eigenvalue weighted by atomic mass is 10.1.